The first-order chi connectivity index (χ1) is 19.9. The number of esters is 1. The third-order valence-corrected chi connectivity index (χ3v) is 8.62. The van der Waals surface area contributed by atoms with E-state index in [-0.39, 0.29) is 12.2 Å². The first-order valence-electron chi connectivity index (χ1n) is 13.7. The zero-order valence-electron chi connectivity index (χ0n) is 23.5. The third kappa shape index (κ3) is 4.87. The van der Waals surface area contributed by atoms with Crippen LogP contribution in [0.25, 0.3) is 16.8 Å². The molecule has 0 amide bonds. The fraction of sp³-hybridized carbons (Fsp3) is 0.323. The summed E-state index contributed by atoms with van der Waals surface area (Å²) in [6, 6.07) is 14.7. The zero-order valence-corrected chi connectivity index (χ0v) is 24.4. The van der Waals surface area contributed by atoms with E-state index in [2.05, 4.69) is 16.8 Å². The quantitative estimate of drug-likeness (QED) is 0.328. The number of rotatable bonds is 6. The van der Waals surface area contributed by atoms with Crippen LogP contribution in [0, 0.1) is 0 Å². The molecule has 1 unspecified atom stereocenters. The predicted molar refractivity (Wildman–Crippen MR) is 159 cm³/mol. The maximum atomic E-state index is 14.1. The molecule has 0 saturated carbocycles. The fourth-order valence-corrected chi connectivity index (χ4v) is 6.57. The lowest BCUT2D eigenvalue weighted by atomic mass is 9.90. The molecule has 0 aliphatic carbocycles. The van der Waals surface area contributed by atoms with Gasteiger partial charge < -0.3 is 23.7 Å². The summed E-state index contributed by atoms with van der Waals surface area (Å²) < 4.78 is 19.5. The van der Waals surface area contributed by atoms with Gasteiger partial charge in [0, 0.05) is 43.9 Å². The van der Waals surface area contributed by atoms with E-state index in [9.17, 15) is 9.59 Å². The SMILES string of the molecule is CCOC(=O)C1=C(C)N=c2s/c(=C\c3ccc(N4CCN(C)CC4)o3)c(=O)n2C1c1c(OC)ccc2ccccc12. The minimum Gasteiger partial charge on any atom is -0.496 e. The van der Waals surface area contributed by atoms with Crippen LogP contribution in [0.5, 0.6) is 5.75 Å². The highest BCUT2D eigenvalue weighted by Crippen LogP contribution is 2.40. The van der Waals surface area contributed by atoms with Crippen molar-refractivity contribution in [1.29, 1.82) is 0 Å². The van der Waals surface area contributed by atoms with Crippen LogP contribution in [0.3, 0.4) is 0 Å². The molecule has 2 aromatic carbocycles. The summed E-state index contributed by atoms with van der Waals surface area (Å²) in [5.41, 5.74) is 1.27. The number of piperazine rings is 1. The van der Waals surface area contributed by atoms with Gasteiger partial charge in [-0.05, 0) is 43.8 Å². The normalized spacial score (nSPS) is 18.0. The Kier molecular flexibility index (Phi) is 7.27. The lowest BCUT2D eigenvalue weighted by Gasteiger charge is -2.32. The Morgan fingerprint density at radius 2 is 1.90 bits per heavy atom. The number of carbonyl (C=O) groups is 1. The third-order valence-electron chi connectivity index (χ3n) is 7.64. The Morgan fingerprint density at radius 1 is 1.12 bits per heavy atom. The van der Waals surface area contributed by atoms with Gasteiger partial charge in [-0.3, -0.25) is 9.36 Å². The molecule has 0 spiro atoms. The van der Waals surface area contributed by atoms with E-state index in [0.717, 1.165) is 42.8 Å². The molecule has 41 heavy (non-hydrogen) atoms. The molecule has 0 bridgehead atoms. The van der Waals surface area contributed by atoms with E-state index in [4.69, 9.17) is 18.9 Å². The first-order valence-corrected chi connectivity index (χ1v) is 14.5. The van der Waals surface area contributed by atoms with Crippen molar-refractivity contribution in [2.24, 2.45) is 4.99 Å². The average Bonchev–Trinajstić information content (AvgIpc) is 3.56. The van der Waals surface area contributed by atoms with Gasteiger partial charge in [0.25, 0.3) is 5.56 Å². The lowest BCUT2D eigenvalue weighted by molar-refractivity contribution is -0.139. The average molecular weight is 573 g/mol. The smallest absolute Gasteiger partial charge is 0.338 e. The van der Waals surface area contributed by atoms with Gasteiger partial charge in [-0.25, -0.2) is 9.79 Å². The number of hydrogen-bond donors (Lipinski definition) is 0. The van der Waals surface area contributed by atoms with Crippen LogP contribution in [0.15, 0.2) is 74.0 Å². The van der Waals surface area contributed by atoms with Crippen molar-refractivity contribution < 1.29 is 18.7 Å². The number of thiazole rings is 1. The Bertz CT molecular complexity index is 1840. The monoisotopic (exact) mass is 572 g/mol. The number of allylic oxidation sites excluding steroid dienone is 1. The van der Waals surface area contributed by atoms with Gasteiger partial charge in [-0.15, -0.1) is 0 Å². The summed E-state index contributed by atoms with van der Waals surface area (Å²) in [6.07, 6.45) is 1.75. The number of fused-ring (bicyclic) bond motifs is 2. The minimum absolute atomic E-state index is 0.202. The van der Waals surface area contributed by atoms with Crippen LogP contribution >= 0.6 is 11.3 Å². The van der Waals surface area contributed by atoms with E-state index < -0.39 is 12.0 Å². The molecule has 212 valence electrons. The van der Waals surface area contributed by atoms with Crippen molar-refractivity contribution in [3.05, 3.63) is 90.8 Å². The molecule has 0 radical (unpaired) electrons. The van der Waals surface area contributed by atoms with E-state index >= 15 is 0 Å². The second kappa shape index (κ2) is 11.0. The topological polar surface area (TPSA) is 89.5 Å². The van der Waals surface area contributed by atoms with E-state index in [0.29, 0.717) is 37.7 Å². The number of ether oxygens (including phenoxy) is 2. The Balaban J connectivity index is 1.52. The fourth-order valence-electron chi connectivity index (χ4n) is 5.55. The lowest BCUT2D eigenvalue weighted by Crippen LogP contribution is -2.44. The van der Waals surface area contributed by atoms with Gasteiger partial charge in [0.2, 0.25) is 0 Å². The van der Waals surface area contributed by atoms with E-state index in [1.54, 1.807) is 31.6 Å². The number of likely N-dealkylation sites (N-methyl/N-ethyl adjacent to an activating group) is 1. The molecule has 10 heteroatoms. The molecule has 4 aromatic rings. The number of benzene rings is 2. The summed E-state index contributed by atoms with van der Waals surface area (Å²) in [6.45, 7) is 7.44. The number of nitrogens with zero attached hydrogens (tertiary/aromatic N) is 4. The van der Waals surface area contributed by atoms with E-state index in [1.165, 1.54) is 11.3 Å². The predicted octanol–water partition coefficient (Wildman–Crippen LogP) is 3.30. The van der Waals surface area contributed by atoms with Crippen LogP contribution < -0.4 is 24.5 Å². The molecule has 2 aromatic heterocycles. The van der Waals surface area contributed by atoms with Crippen molar-refractivity contribution in [2.75, 3.05) is 51.8 Å². The van der Waals surface area contributed by atoms with Gasteiger partial charge in [0.05, 0.1) is 29.5 Å². The van der Waals surface area contributed by atoms with Crippen molar-refractivity contribution >= 4 is 40.0 Å². The van der Waals surface area contributed by atoms with Crippen LogP contribution in [0.2, 0.25) is 0 Å². The van der Waals surface area contributed by atoms with Gasteiger partial charge in [-0.1, -0.05) is 41.7 Å². The number of anilines is 1. The number of carbonyl (C=O) groups excluding carboxylic acids is 1. The Morgan fingerprint density at radius 3 is 2.66 bits per heavy atom. The molecule has 1 saturated heterocycles. The summed E-state index contributed by atoms with van der Waals surface area (Å²) in [4.78, 5) is 37.2. The number of methoxy groups -OCH3 is 1. The summed E-state index contributed by atoms with van der Waals surface area (Å²) in [5.74, 6) is 1.44. The van der Waals surface area contributed by atoms with Crippen molar-refractivity contribution in [3.8, 4) is 5.75 Å². The minimum atomic E-state index is -0.786. The van der Waals surface area contributed by atoms with Gasteiger partial charge >= 0.3 is 5.97 Å². The standard InChI is InChI=1S/C31H32N4O5S/c1-5-39-30(37)26-19(2)32-31-35(28(26)27-22-9-7-6-8-20(22)10-12-23(27)38-4)29(36)24(41-31)18-21-11-13-25(40-21)34-16-14-33(3)15-17-34/h6-13,18,28H,5,14-17H2,1-4H3/b24-18-. The highest BCUT2D eigenvalue weighted by molar-refractivity contribution is 7.07. The summed E-state index contributed by atoms with van der Waals surface area (Å²) >= 11 is 1.27. The molecule has 1 atom stereocenters. The van der Waals surface area contributed by atoms with E-state index in [1.807, 2.05) is 48.5 Å². The maximum Gasteiger partial charge on any atom is 0.338 e. The number of hydrogen-bond acceptors (Lipinski definition) is 9. The van der Waals surface area contributed by atoms with Crippen LogP contribution in [-0.2, 0) is 9.53 Å². The molecule has 2 aliphatic rings. The second-order valence-corrected chi connectivity index (χ2v) is 11.2. The molecule has 4 heterocycles. The summed E-state index contributed by atoms with van der Waals surface area (Å²) in [7, 11) is 3.70. The Hall–Kier alpha value is -4.15. The highest BCUT2D eigenvalue weighted by atomic mass is 32.1. The van der Waals surface area contributed by atoms with Gasteiger partial charge in [0.1, 0.15) is 17.6 Å². The van der Waals surface area contributed by atoms with Crippen molar-refractivity contribution in [1.82, 2.24) is 9.47 Å². The molecular weight excluding hydrogens is 540 g/mol. The highest BCUT2D eigenvalue weighted by Gasteiger charge is 2.36. The Labute approximate surface area is 241 Å². The van der Waals surface area contributed by atoms with Gasteiger partial charge in [-0.2, -0.15) is 0 Å². The molecule has 0 N–H and O–H groups in total. The van der Waals surface area contributed by atoms with Crippen LogP contribution in [-0.4, -0.2) is 62.4 Å². The van der Waals surface area contributed by atoms with Crippen LogP contribution in [0.1, 0.15) is 31.2 Å². The molecule has 2 aliphatic heterocycles. The maximum absolute atomic E-state index is 14.1. The molecular formula is C31H32N4O5S. The second-order valence-electron chi connectivity index (χ2n) is 10.2. The molecule has 9 nitrogen and oxygen atoms in total. The first kappa shape index (κ1) is 27.0. The van der Waals surface area contributed by atoms with Crippen molar-refractivity contribution in [2.45, 2.75) is 19.9 Å². The largest absolute Gasteiger partial charge is 0.496 e. The zero-order chi connectivity index (χ0) is 28.7. The molecule has 6 rings (SSSR count). The van der Waals surface area contributed by atoms with Crippen LogP contribution in [0.4, 0.5) is 5.88 Å². The number of aromatic nitrogens is 1. The van der Waals surface area contributed by atoms with Crippen molar-refractivity contribution in [3.63, 3.8) is 0 Å². The number of furan rings is 1. The molecule has 1 fully saturated rings. The van der Waals surface area contributed by atoms with Gasteiger partial charge in [0.15, 0.2) is 10.7 Å². The summed E-state index contributed by atoms with van der Waals surface area (Å²) in [5, 5.41) is 1.85.